The zero-order valence-electron chi connectivity index (χ0n) is 39.9. The molecule has 320 valence electrons. The molecule has 0 radical (unpaired) electrons. The van der Waals surface area contributed by atoms with Crippen LogP contribution < -0.4 is 26.2 Å². The largest absolute Gasteiger partial charge is 0.311 e. The highest BCUT2D eigenvalue weighted by atomic mass is 32.1. The molecule has 0 saturated heterocycles. The maximum atomic E-state index is 2.68. The zero-order chi connectivity index (χ0) is 44.8. The molecule has 1 aromatic heterocycles. The number of benzene rings is 7. The van der Waals surface area contributed by atoms with E-state index in [1.807, 2.05) is 11.3 Å². The summed E-state index contributed by atoms with van der Waals surface area (Å²) in [6.45, 7) is 28.5. The van der Waals surface area contributed by atoms with Crippen LogP contribution in [0.3, 0.4) is 0 Å². The van der Waals surface area contributed by atoms with Gasteiger partial charge in [-0.15, -0.1) is 11.3 Å². The highest BCUT2D eigenvalue weighted by Crippen LogP contribution is 2.53. The zero-order valence-corrected chi connectivity index (χ0v) is 40.7. The van der Waals surface area contributed by atoms with E-state index in [1.165, 1.54) is 128 Å². The molecule has 0 fully saturated rings. The molecule has 0 amide bonds. The minimum absolute atomic E-state index is 0.0244. The molecule has 2 nitrogen and oxygen atoms in total. The summed E-state index contributed by atoms with van der Waals surface area (Å²) in [5.74, 6) is 0. The van der Waals surface area contributed by atoms with E-state index in [0.29, 0.717) is 0 Å². The minimum Gasteiger partial charge on any atom is -0.311 e. The molecule has 11 rings (SSSR count). The van der Waals surface area contributed by atoms with Crippen LogP contribution in [-0.4, -0.2) is 6.71 Å². The lowest BCUT2D eigenvalue weighted by atomic mass is 9.33. The fraction of sp³-hybridized carbons (Fsp3) is 0.300. The molecule has 64 heavy (non-hydrogen) atoms. The number of rotatable bonds is 3. The molecular weight excluding hydrogens is 792 g/mol. The molecule has 8 aromatic rings. The van der Waals surface area contributed by atoms with Gasteiger partial charge in [0.1, 0.15) is 0 Å². The first-order valence-corrected chi connectivity index (χ1v) is 24.3. The van der Waals surface area contributed by atoms with Gasteiger partial charge in [0.05, 0.1) is 10.4 Å². The van der Waals surface area contributed by atoms with Gasteiger partial charge in [-0.3, -0.25) is 0 Å². The van der Waals surface area contributed by atoms with Gasteiger partial charge >= 0.3 is 0 Å². The van der Waals surface area contributed by atoms with Crippen LogP contribution in [0, 0.1) is 13.8 Å². The number of fused-ring (bicyclic) bond motifs is 9. The van der Waals surface area contributed by atoms with Gasteiger partial charge < -0.3 is 9.80 Å². The molecule has 0 spiro atoms. The van der Waals surface area contributed by atoms with E-state index >= 15 is 0 Å². The number of nitrogens with zero attached hydrogens (tertiary/aromatic N) is 2. The highest BCUT2D eigenvalue weighted by Gasteiger charge is 2.47. The molecule has 0 N–H and O–H groups in total. The van der Waals surface area contributed by atoms with Crippen LogP contribution in [0.2, 0.25) is 0 Å². The average molecular weight is 853 g/mol. The second-order valence-corrected chi connectivity index (χ2v) is 23.7. The Hall–Kier alpha value is -5.58. The number of hydrogen-bond donors (Lipinski definition) is 0. The summed E-state index contributed by atoms with van der Waals surface area (Å²) in [5, 5.41) is 2.69. The first-order valence-electron chi connectivity index (χ1n) is 23.5. The van der Waals surface area contributed by atoms with E-state index in [9.17, 15) is 0 Å². The Morgan fingerprint density at radius 3 is 1.78 bits per heavy atom. The molecule has 1 aliphatic carbocycles. The van der Waals surface area contributed by atoms with E-state index in [0.717, 1.165) is 0 Å². The van der Waals surface area contributed by atoms with Crippen molar-refractivity contribution in [1.82, 2.24) is 0 Å². The first kappa shape index (κ1) is 41.2. The van der Waals surface area contributed by atoms with Crippen molar-refractivity contribution in [2.24, 2.45) is 0 Å². The van der Waals surface area contributed by atoms with Gasteiger partial charge in [0, 0.05) is 43.9 Å². The van der Waals surface area contributed by atoms with E-state index in [2.05, 4.69) is 220 Å². The minimum atomic E-state index is 0.0244. The Labute approximate surface area is 386 Å². The Balaban J connectivity index is 1.32. The summed E-state index contributed by atoms with van der Waals surface area (Å²) >= 11 is 1.96. The number of thiophene rings is 1. The van der Waals surface area contributed by atoms with E-state index in [-0.39, 0.29) is 28.4 Å². The molecule has 3 aliphatic rings. The predicted molar refractivity (Wildman–Crippen MR) is 281 cm³/mol. The van der Waals surface area contributed by atoms with Gasteiger partial charge in [0.15, 0.2) is 0 Å². The quantitative estimate of drug-likeness (QED) is 0.163. The lowest BCUT2D eigenvalue weighted by molar-refractivity contribution is 0.332. The predicted octanol–water partition coefficient (Wildman–Crippen LogP) is 15.4. The maximum Gasteiger partial charge on any atom is 0.252 e. The maximum absolute atomic E-state index is 2.68. The second kappa shape index (κ2) is 14.0. The van der Waals surface area contributed by atoms with Crippen molar-refractivity contribution in [2.45, 2.75) is 118 Å². The van der Waals surface area contributed by atoms with Gasteiger partial charge in [-0.05, 0) is 152 Å². The molecule has 2 aliphatic heterocycles. The van der Waals surface area contributed by atoms with Crippen molar-refractivity contribution in [3.63, 3.8) is 0 Å². The van der Waals surface area contributed by atoms with Gasteiger partial charge in [-0.25, -0.2) is 0 Å². The van der Waals surface area contributed by atoms with Gasteiger partial charge in [0.25, 0.3) is 6.71 Å². The van der Waals surface area contributed by atoms with Crippen LogP contribution in [0.5, 0.6) is 0 Å². The normalized spacial score (nSPS) is 16.2. The SMILES string of the molecule is Cc1cc(C(C)(C)C)ccc1N1c2cc3c(cc2B2c4ccc5c(sc6ccc(C(C)(C)C)cc65)c4N(c4ccccc4C)c4cc(-c5ccccc5)cc1c42)C(C)(C)CCC3(C)C. The lowest BCUT2D eigenvalue weighted by Gasteiger charge is -2.48. The third-order valence-electron chi connectivity index (χ3n) is 15.3. The Bertz CT molecular complexity index is 3230. The summed E-state index contributed by atoms with van der Waals surface area (Å²) in [6.07, 6.45) is 2.34. The Morgan fingerprint density at radius 2 is 1.11 bits per heavy atom. The topological polar surface area (TPSA) is 6.48 Å². The van der Waals surface area contributed by atoms with Crippen LogP contribution in [0.4, 0.5) is 34.1 Å². The fourth-order valence-electron chi connectivity index (χ4n) is 11.3. The number of hydrogen-bond acceptors (Lipinski definition) is 3. The molecule has 0 unspecified atom stereocenters. The molecule has 0 bridgehead atoms. The van der Waals surface area contributed by atoms with Crippen molar-refractivity contribution in [2.75, 3.05) is 9.80 Å². The van der Waals surface area contributed by atoms with E-state index in [4.69, 9.17) is 0 Å². The van der Waals surface area contributed by atoms with Crippen LogP contribution in [0.25, 0.3) is 31.3 Å². The number of anilines is 6. The first-order chi connectivity index (χ1) is 30.3. The average Bonchev–Trinajstić information content (AvgIpc) is 3.63. The summed E-state index contributed by atoms with van der Waals surface area (Å²) < 4.78 is 2.70. The molecule has 0 saturated carbocycles. The Kier molecular flexibility index (Phi) is 8.98. The number of para-hydroxylation sites is 1. The monoisotopic (exact) mass is 852 g/mol. The smallest absolute Gasteiger partial charge is 0.252 e. The molecule has 7 aromatic carbocycles. The van der Waals surface area contributed by atoms with Crippen molar-refractivity contribution >= 4 is 88.7 Å². The van der Waals surface area contributed by atoms with Crippen molar-refractivity contribution in [3.8, 4) is 11.1 Å². The fourth-order valence-corrected chi connectivity index (χ4v) is 12.6. The van der Waals surface area contributed by atoms with Crippen molar-refractivity contribution < 1.29 is 0 Å². The molecule has 4 heteroatoms. The van der Waals surface area contributed by atoms with Crippen LogP contribution in [-0.2, 0) is 21.7 Å². The van der Waals surface area contributed by atoms with Crippen LogP contribution >= 0.6 is 11.3 Å². The molecule has 3 heterocycles. The van der Waals surface area contributed by atoms with E-state index < -0.39 is 0 Å². The third-order valence-corrected chi connectivity index (χ3v) is 16.5. The van der Waals surface area contributed by atoms with Gasteiger partial charge in [0.2, 0.25) is 0 Å². The summed E-state index contributed by atoms with van der Waals surface area (Å²) in [4.78, 5) is 5.34. The number of aryl methyl sites for hydroxylation is 2. The molecular formula is C60H61BN2S. The second-order valence-electron chi connectivity index (χ2n) is 22.6. The lowest BCUT2D eigenvalue weighted by Crippen LogP contribution is -2.62. The summed E-state index contributed by atoms with van der Waals surface area (Å²) in [7, 11) is 0. The summed E-state index contributed by atoms with van der Waals surface area (Å²) in [6, 6.07) is 49.9. The van der Waals surface area contributed by atoms with Crippen molar-refractivity contribution in [1.29, 1.82) is 0 Å². The summed E-state index contributed by atoms with van der Waals surface area (Å²) in [5.41, 5.74) is 22.8. The highest BCUT2D eigenvalue weighted by molar-refractivity contribution is 7.26. The molecule has 0 atom stereocenters. The van der Waals surface area contributed by atoms with Crippen LogP contribution in [0.1, 0.15) is 115 Å². The van der Waals surface area contributed by atoms with Gasteiger partial charge in [-0.1, -0.05) is 154 Å². The van der Waals surface area contributed by atoms with Crippen LogP contribution in [0.15, 0.2) is 127 Å². The van der Waals surface area contributed by atoms with Gasteiger partial charge in [-0.2, -0.15) is 0 Å². The van der Waals surface area contributed by atoms with E-state index in [1.54, 1.807) is 0 Å². The standard InChI is InChI=1S/C60H61BN2S/c1-36-18-16-17-21-48(36)63-52-32-39(38-19-14-13-15-20-38)31-51-54(52)61(46-25-24-42-43-33-41(58(6,7)8)23-27-53(43)64-56(42)55(46)63)47-34-44-45(60(11,12)29-28-59(44,9)10)35-50(47)62(51)49-26-22-40(30-37(49)2)57(3,4)5/h13-27,30-35H,28-29H2,1-12H3. The third kappa shape index (κ3) is 6.18. The van der Waals surface area contributed by atoms with Crippen molar-refractivity contribution in [3.05, 3.63) is 161 Å². The Morgan fingerprint density at radius 1 is 0.500 bits per heavy atom.